The van der Waals surface area contributed by atoms with Crippen molar-refractivity contribution in [1.29, 1.82) is 0 Å². The molecule has 8 heteroatoms. The second-order valence-corrected chi connectivity index (χ2v) is 10.8. The number of ether oxygens (including phenoxy) is 2. The van der Waals surface area contributed by atoms with Crippen molar-refractivity contribution in [3.05, 3.63) is 33.2 Å². The molecule has 3 rings (SSSR count). The van der Waals surface area contributed by atoms with Crippen LogP contribution < -0.4 is 10.9 Å². The van der Waals surface area contributed by atoms with Crippen LogP contribution in [0.3, 0.4) is 0 Å². The van der Waals surface area contributed by atoms with Crippen molar-refractivity contribution in [3.8, 4) is 0 Å². The molecule has 2 atom stereocenters. The first-order chi connectivity index (χ1) is 17.7. The summed E-state index contributed by atoms with van der Waals surface area (Å²) in [5.41, 5.74) is 0.182. The van der Waals surface area contributed by atoms with Gasteiger partial charge in [0.05, 0.1) is 7.11 Å². The Labute approximate surface area is 220 Å². The van der Waals surface area contributed by atoms with Crippen molar-refractivity contribution >= 4 is 17.8 Å². The summed E-state index contributed by atoms with van der Waals surface area (Å²) in [4.78, 5) is 52.5. The molecule has 2 aliphatic rings. The van der Waals surface area contributed by atoms with Gasteiger partial charge in [0.2, 0.25) is 0 Å². The van der Waals surface area contributed by atoms with Gasteiger partial charge in [-0.2, -0.15) is 0 Å². The Balaban J connectivity index is 2.02. The van der Waals surface area contributed by atoms with Crippen molar-refractivity contribution in [2.75, 3.05) is 7.11 Å². The van der Waals surface area contributed by atoms with Gasteiger partial charge >= 0.3 is 11.9 Å². The maximum Gasteiger partial charge on any atom is 0.335 e. The molecule has 206 valence electrons. The van der Waals surface area contributed by atoms with Crippen LogP contribution in [-0.4, -0.2) is 41.2 Å². The molecular weight excluding hydrogens is 472 g/mol. The Kier molecular flexibility index (Phi) is 10.4. The fraction of sp³-hybridized carbons (Fsp3) is 0.724. The molecule has 1 amide bonds. The second-order valence-electron chi connectivity index (χ2n) is 10.8. The summed E-state index contributed by atoms with van der Waals surface area (Å²) in [6, 6.07) is 1.73. The number of nitrogens with one attached hydrogen (secondary N) is 1. The van der Waals surface area contributed by atoms with Gasteiger partial charge in [0.1, 0.15) is 11.7 Å². The lowest BCUT2D eigenvalue weighted by molar-refractivity contribution is -0.163. The molecule has 1 aromatic heterocycles. The standard InChI is InChI=1S/C29H44N2O6/c1-5-24(37-25(32)6-2)29(3,28(35)36-4)30-26(33)22-18-21-16-12-7-8-13-17-23(21)31(27(22)34)19-20-14-10-9-11-15-20/h18,20,24H,5-17,19H2,1-4H3,(H,30,33). The van der Waals surface area contributed by atoms with Gasteiger partial charge < -0.3 is 19.4 Å². The van der Waals surface area contributed by atoms with Crippen molar-refractivity contribution in [2.24, 2.45) is 5.92 Å². The van der Waals surface area contributed by atoms with Crippen molar-refractivity contribution < 1.29 is 23.9 Å². The lowest BCUT2D eigenvalue weighted by Crippen LogP contribution is -2.61. The van der Waals surface area contributed by atoms with E-state index < -0.39 is 29.5 Å². The molecule has 0 saturated heterocycles. The molecule has 0 aromatic carbocycles. The van der Waals surface area contributed by atoms with Crippen LogP contribution >= 0.6 is 0 Å². The van der Waals surface area contributed by atoms with Gasteiger partial charge in [-0.1, -0.05) is 46.0 Å². The second kappa shape index (κ2) is 13.2. The number of esters is 2. The summed E-state index contributed by atoms with van der Waals surface area (Å²) < 4.78 is 12.4. The predicted molar refractivity (Wildman–Crippen MR) is 142 cm³/mol. The topological polar surface area (TPSA) is 104 Å². The van der Waals surface area contributed by atoms with Gasteiger partial charge in [-0.15, -0.1) is 0 Å². The maximum absolute atomic E-state index is 13.8. The SMILES string of the molecule is CCC(=O)OC(CC)C(C)(NC(=O)c1cc2c(n(CC3CCCCC3)c1=O)CCCCCC2)C(=O)OC. The van der Waals surface area contributed by atoms with Crippen LogP contribution in [-0.2, 0) is 38.4 Å². The number of carbonyl (C=O) groups excluding carboxylic acids is 3. The third-order valence-electron chi connectivity index (χ3n) is 8.07. The summed E-state index contributed by atoms with van der Waals surface area (Å²) in [7, 11) is 1.23. The van der Waals surface area contributed by atoms with E-state index in [1.54, 1.807) is 19.9 Å². The lowest BCUT2D eigenvalue weighted by Gasteiger charge is -2.35. The molecule has 1 fully saturated rings. The Bertz CT molecular complexity index is 1030. The van der Waals surface area contributed by atoms with E-state index in [-0.39, 0.29) is 24.0 Å². The number of aryl methyl sites for hydroxylation is 1. The van der Waals surface area contributed by atoms with Crippen LogP contribution in [0.1, 0.15) is 113 Å². The van der Waals surface area contributed by atoms with E-state index in [4.69, 9.17) is 9.47 Å². The van der Waals surface area contributed by atoms with E-state index in [0.29, 0.717) is 12.5 Å². The Morgan fingerprint density at radius 2 is 1.70 bits per heavy atom. The zero-order valence-electron chi connectivity index (χ0n) is 23.0. The normalized spacial score (nSPS) is 18.9. The largest absolute Gasteiger partial charge is 0.467 e. The highest BCUT2D eigenvalue weighted by atomic mass is 16.6. The fourth-order valence-electron chi connectivity index (χ4n) is 5.85. The van der Waals surface area contributed by atoms with E-state index in [1.807, 2.05) is 4.57 Å². The number of hydrogen-bond acceptors (Lipinski definition) is 6. The van der Waals surface area contributed by atoms with Gasteiger partial charge in [0.25, 0.3) is 11.5 Å². The molecule has 37 heavy (non-hydrogen) atoms. The monoisotopic (exact) mass is 516 g/mol. The van der Waals surface area contributed by atoms with Crippen molar-refractivity contribution in [3.63, 3.8) is 0 Å². The smallest absolute Gasteiger partial charge is 0.335 e. The van der Waals surface area contributed by atoms with Gasteiger partial charge in [0.15, 0.2) is 5.54 Å². The first-order valence-electron chi connectivity index (χ1n) is 14.1. The zero-order valence-corrected chi connectivity index (χ0v) is 23.0. The molecule has 1 aromatic rings. The quantitative estimate of drug-likeness (QED) is 0.486. The number of hydrogen-bond donors (Lipinski definition) is 1. The van der Waals surface area contributed by atoms with Crippen LogP contribution in [0.4, 0.5) is 0 Å². The van der Waals surface area contributed by atoms with Crippen LogP contribution in [0.5, 0.6) is 0 Å². The molecule has 1 N–H and O–H groups in total. The van der Waals surface area contributed by atoms with Crippen LogP contribution in [0.25, 0.3) is 0 Å². The number of amides is 1. The first-order valence-corrected chi connectivity index (χ1v) is 14.1. The Hall–Kier alpha value is -2.64. The summed E-state index contributed by atoms with van der Waals surface area (Å²) >= 11 is 0. The van der Waals surface area contributed by atoms with Gasteiger partial charge in [0, 0.05) is 18.7 Å². The average molecular weight is 517 g/mol. The fourth-order valence-corrected chi connectivity index (χ4v) is 5.85. The molecule has 2 unspecified atom stereocenters. The predicted octanol–water partition coefficient (Wildman–Crippen LogP) is 4.48. The number of methoxy groups -OCH3 is 1. The van der Waals surface area contributed by atoms with Gasteiger partial charge in [-0.25, -0.2) is 4.79 Å². The van der Waals surface area contributed by atoms with E-state index in [0.717, 1.165) is 62.6 Å². The lowest BCUT2D eigenvalue weighted by atomic mass is 9.88. The molecule has 0 bridgehead atoms. The summed E-state index contributed by atoms with van der Waals surface area (Å²) in [5.74, 6) is -1.43. The highest BCUT2D eigenvalue weighted by Crippen LogP contribution is 2.27. The Morgan fingerprint density at radius 3 is 2.32 bits per heavy atom. The van der Waals surface area contributed by atoms with E-state index in [1.165, 1.54) is 33.3 Å². The molecule has 1 saturated carbocycles. The van der Waals surface area contributed by atoms with Crippen LogP contribution in [0.2, 0.25) is 0 Å². The number of carbonyl (C=O) groups is 3. The van der Waals surface area contributed by atoms with Crippen LogP contribution in [0.15, 0.2) is 10.9 Å². The molecule has 8 nitrogen and oxygen atoms in total. The number of rotatable bonds is 9. The highest BCUT2D eigenvalue weighted by Gasteiger charge is 2.46. The molecule has 1 heterocycles. The van der Waals surface area contributed by atoms with Crippen LogP contribution in [0, 0.1) is 5.92 Å². The van der Waals surface area contributed by atoms with E-state index >= 15 is 0 Å². The molecule has 0 aliphatic heterocycles. The highest BCUT2D eigenvalue weighted by molar-refractivity contribution is 5.98. The number of nitrogens with zero attached hydrogens (tertiary/aromatic N) is 1. The third-order valence-corrected chi connectivity index (χ3v) is 8.07. The molecular formula is C29H44N2O6. The molecule has 2 aliphatic carbocycles. The number of pyridine rings is 1. The summed E-state index contributed by atoms with van der Waals surface area (Å²) in [6.07, 6.45) is 11.2. The summed E-state index contributed by atoms with van der Waals surface area (Å²) in [6.45, 7) is 5.55. The van der Waals surface area contributed by atoms with Crippen molar-refractivity contribution in [1.82, 2.24) is 9.88 Å². The Morgan fingerprint density at radius 1 is 1.05 bits per heavy atom. The average Bonchev–Trinajstić information content (AvgIpc) is 2.89. The van der Waals surface area contributed by atoms with E-state index in [9.17, 15) is 19.2 Å². The minimum atomic E-state index is -1.64. The minimum absolute atomic E-state index is 0.0296. The summed E-state index contributed by atoms with van der Waals surface area (Å²) in [5, 5.41) is 2.74. The molecule has 0 radical (unpaired) electrons. The number of aromatic nitrogens is 1. The minimum Gasteiger partial charge on any atom is -0.467 e. The first kappa shape index (κ1) is 28.9. The van der Waals surface area contributed by atoms with Gasteiger partial charge in [-0.05, 0) is 69.4 Å². The zero-order chi connectivity index (χ0) is 27.0. The number of fused-ring (bicyclic) bond motifs is 1. The molecule has 0 spiro atoms. The van der Waals surface area contributed by atoms with Gasteiger partial charge in [-0.3, -0.25) is 14.4 Å². The van der Waals surface area contributed by atoms with E-state index in [2.05, 4.69) is 5.32 Å². The third kappa shape index (κ3) is 6.82. The van der Waals surface area contributed by atoms with Crippen molar-refractivity contribution in [2.45, 2.75) is 122 Å². The maximum atomic E-state index is 13.8.